The van der Waals surface area contributed by atoms with Gasteiger partial charge in [0.15, 0.2) is 0 Å². The molecule has 0 radical (unpaired) electrons. The van der Waals surface area contributed by atoms with Gasteiger partial charge >= 0.3 is 6.03 Å². The second kappa shape index (κ2) is 6.06. The monoisotopic (exact) mass is 292 g/mol. The highest BCUT2D eigenvalue weighted by Gasteiger charge is 2.28. The number of carbonyl (C=O) groups is 1. The Labute approximate surface area is 113 Å². The van der Waals surface area contributed by atoms with Gasteiger partial charge in [0.1, 0.15) is 0 Å². The molecule has 0 N–H and O–H groups in total. The zero-order valence-corrected chi connectivity index (χ0v) is 11.9. The molecular weight excluding hydrogens is 272 g/mol. The standard InChI is InChI=1S/C11H20N2O5S/c1-19(15,16)18-10-2-4-12(5-3-10)11(14)13-6-8-17-9-7-13/h10H,2-9H2,1H3. The molecule has 2 heterocycles. The SMILES string of the molecule is CS(=O)(=O)OC1CCN(C(=O)N2CCOCC2)CC1. The average Bonchev–Trinajstić information content (AvgIpc) is 2.38. The van der Waals surface area contributed by atoms with E-state index in [1.54, 1.807) is 9.80 Å². The Hall–Kier alpha value is -0.860. The molecule has 8 heteroatoms. The van der Waals surface area contributed by atoms with Gasteiger partial charge in [-0.05, 0) is 12.8 Å². The minimum Gasteiger partial charge on any atom is -0.378 e. The summed E-state index contributed by atoms with van der Waals surface area (Å²) in [6, 6.07) is 0.0149. The summed E-state index contributed by atoms with van der Waals surface area (Å²) in [5.74, 6) is 0. The summed E-state index contributed by atoms with van der Waals surface area (Å²) in [5.41, 5.74) is 0. The van der Waals surface area contributed by atoms with Crippen molar-refractivity contribution in [2.75, 3.05) is 45.6 Å². The fourth-order valence-electron chi connectivity index (χ4n) is 2.35. The van der Waals surface area contributed by atoms with E-state index >= 15 is 0 Å². The second-order valence-electron chi connectivity index (χ2n) is 4.87. The van der Waals surface area contributed by atoms with Gasteiger partial charge in [-0.15, -0.1) is 0 Å². The van der Waals surface area contributed by atoms with E-state index in [0.29, 0.717) is 52.2 Å². The number of piperidine rings is 1. The van der Waals surface area contributed by atoms with Gasteiger partial charge in [0.2, 0.25) is 0 Å². The maximum atomic E-state index is 12.2. The highest BCUT2D eigenvalue weighted by atomic mass is 32.2. The van der Waals surface area contributed by atoms with Gasteiger partial charge in [0.05, 0.1) is 25.6 Å². The number of rotatable bonds is 2. The molecule has 2 aliphatic heterocycles. The zero-order valence-electron chi connectivity index (χ0n) is 11.1. The van der Waals surface area contributed by atoms with Crippen molar-refractivity contribution in [2.24, 2.45) is 0 Å². The van der Waals surface area contributed by atoms with Crippen molar-refractivity contribution < 1.29 is 22.1 Å². The number of nitrogens with zero attached hydrogens (tertiary/aromatic N) is 2. The lowest BCUT2D eigenvalue weighted by Gasteiger charge is -2.36. The van der Waals surface area contributed by atoms with Crippen LogP contribution in [0, 0.1) is 0 Å². The third-order valence-corrected chi connectivity index (χ3v) is 3.93. The summed E-state index contributed by atoms with van der Waals surface area (Å²) >= 11 is 0. The number of carbonyl (C=O) groups excluding carboxylic acids is 1. The molecule has 7 nitrogen and oxygen atoms in total. The maximum absolute atomic E-state index is 12.2. The molecule has 2 rings (SSSR count). The van der Waals surface area contributed by atoms with E-state index in [0.717, 1.165) is 6.26 Å². The molecule has 0 bridgehead atoms. The van der Waals surface area contributed by atoms with Gasteiger partial charge in [0, 0.05) is 26.2 Å². The molecule has 2 amide bonds. The van der Waals surface area contributed by atoms with Crippen molar-refractivity contribution in [3.63, 3.8) is 0 Å². The maximum Gasteiger partial charge on any atom is 0.320 e. The Morgan fingerprint density at radius 1 is 1.11 bits per heavy atom. The van der Waals surface area contributed by atoms with Crippen molar-refractivity contribution in [1.82, 2.24) is 9.80 Å². The summed E-state index contributed by atoms with van der Waals surface area (Å²) < 4.78 is 32.2. The van der Waals surface area contributed by atoms with Crippen LogP contribution in [0.1, 0.15) is 12.8 Å². The molecule has 0 aromatic heterocycles. The summed E-state index contributed by atoms with van der Waals surface area (Å²) in [6.07, 6.45) is 1.87. The molecule has 0 saturated carbocycles. The highest BCUT2D eigenvalue weighted by molar-refractivity contribution is 7.86. The summed E-state index contributed by atoms with van der Waals surface area (Å²) in [4.78, 5) is 15.7. The van der Waals surface area contributed by atoms with E-state index in [1.807, 2.05) is 0 Å². The number of hydrogen-bond acceptors (Lipinski definition) is 5. The van der Waals surface area contributed by atoms with E-state index in [9.17, 15) is 13.2 Å². The molecule has 110 valence electrons. The van der Waals surface area contributed by atoms with Crippen LogP contribution in [-0.4, -0.2) is 76.0 Å². The lowest BCUT2D eigenvalue weighted by Crippen LogP contribution is -2.51. The van der Waals surface area contributed by atoms with E-state index in [1.165, 1.54) is 0 Å². The predicted molar refractivity (Wildman–Crippen MR) is 68.3 cm³/mol. The van der Waals surface area contributed by atoms with Gasteiger partial charge in [0.25, 0.3) is 10.1 Å². The van der Waals surface area contributed by atoms with E-state index in [4.69, 9.17) is 8.92 Å². The van der Waals surface area contributed by atoms with Crippen LogP contribution in [0.2, 0.25) is 0 Å². The number of hydrogen-bond donors (Lipinski definition) is 0. The Kier molecular flexibility index (Phi) is 4.64. The van der Waals surface area contributed by atoms with Crippen molar-refractivity contribution in [1.29, 1.82) is 0 Å². The van der Waals surface area contributed by atoms with Crippen LogP contribution in [0.25, 0.3) is 0 Å². The third-order valence-electron chi connectivity index (χ3n) is 3.30. The molecule has 0 aromatic carbocycles. The van der Waals surface area contributed by atoms with Crippen LogP contribution < -0.4 is 0 Å². The van der Waals surface area contributed by atoms with E-state index in [-0.39, 0.29) is 12.1 Å². The first-order valence-electron chi connectivity index (χ1n) is 6.45. The van der Waals surface area contributed by atoms with Gasteiger partial charge in [-0.2, -0.15) is 8.42 Å². The second-order valence-corrected chi connectivity index (χ2v) is 6.47. The highest BCUT2D eigenvalue weighted by Crippen LogP contribution is 2.17. The Morgan fingerprint density at radius 2 is 1.63 bits per heavy atom. The fourth-order valence-corrected chi connectivity index (χ4v) is 3.03. The molecule has 2 aliphatic rings. The first-order chi connectivity index (χ1) is 8.96. The lowest BCUT2D eigenvalue weighted by molar-refractivity contribution is 0.0365. The minimum atomic E-state index is -3.41. The molecule has 2 fully saturated rings. The number of morpholine rings is 1. The molecular formula is C11H20N2O5S. The largest absolute Gasteiger partial charge is 0.378 e. The van der Waals surface area contributed by atoms with Crippen LogP contribution in [0.15, 0.2) is 0 Å². The van der Waals surface area contributed by atoms with Crippen LogP contribution in [0.5, 0.6) is 0 Å². The molecule has 0 atom stereocenters. The molecule has 2 saturated heterocycles. The van der Waals surface area contributed by atoms with Crippen LogP contribution in [-0.2, 0) is 19.0 Å². The number of likely N-dealkylation sites (tertiary alicyclic amines) is 1. The van der Waals surface area contributed by atoms with Gasteiger partial charge in [-0.25, -0.2) is 4.79 Å². The Bertz CT molecular complexity index is 411. The van der Waals surface area contributed by atoms with Gasteiger partial charge in [-0.3, -0.25) is 4.18 Å². The minimum absolute atomic E-state index is 0.0149. The smallest absolute Gasteiger partial charge is 0.320 e. The quantitative estimate of drug-likeness (QED) is 0.663. The zero-order chi connectivity index (χ0) is 13.9. The van der Waals surface area contributed by atoms with Crippen LogP contribution >= 0.6 is 0 Å². The molecule has 0 spiro atoms. The third kappa shape index (κ3) is 4.32. The Morgan fingerprint density at radius 3 is 2.16 bits per heavy atom. The summed E-state index contributed by atoms with van der Waals surface area (Å²) in [6.45, 7) is 3.49. The summed E-state index contributed by atoms with van der Waals surface area (Å²) in [5, 5.41) is 0. The van der Waals surface area contributed by atoms with Crippen LogP contribution in [0.3, 0.4) is 0 Å². The first-order valence-corrected chi connectivity index (χ1v) is 8.27. The predicted octanol–water partition coefficient (Wildman–Crippen LogP) is -0.121. The molecule has 0 aliphatic carbocycles. The van der Waals surface area contributed by atoms with Gasteiger partial charge in [-0.1, -0.05) is 0 Å². The number of amides is 2. The normalized spacial score (nSPS) is 22.6. The number of urea groups is 1. The van der Waals surface area contributed by atoms with E-state index in [2.05, 4.69) is 0 Å². The Balaban J connectivity index is 1.80. The molecule has 0 unspecified atom stereocenters. The average molecular weight is 292 g/mol. The van der Waals surface area contributed by atoms with Crippen molar-refractivity contribution in [3.05, 3.63) is 0 Å². The van der Waals surface area contributed by atoms with Crippen molar-refractivity contribution in [2.45, 2.75) is 18.9 Å². The van der Waals surface area contributed by atoms with Gasteiger partial charge < -0.3 is 14.5 Å². The van der Waals surface area contributed by atoms with E-state index < -0.39 is 10.1 Å². The van der Waals surface area contributed by atoms with Crippen molar-refractivity contribution in [3.8, 4) is 0 Å². The summed E-state index contributed by atoms with van der Waals surface area (Å²) in [7, 11) is -3.41. The first kappa shape index (κ1) is 14.5. The lowest BCUT2D eigenvalue weighted by atomic mass is 10.1. The van der Waals surface area contributed by atoms with Crippen LogP contribution in [0.4, 0.5) is 4.79 Å². The van der Waals surface area contributed by atoms with Crippen molar-refractivity contribution >= 4 is 16.1 Å². The number of ether oxygens (including phenoxy) is 1. The molecule has 19 heavy (non-hydrogen) atoms. The molecule has 0 aromatic rings. The fraction of sp³-hybridized carbons (Fsp3) is 0.909. The topological polar surface area (TPSA) is 76.2 Å².